The Balaban J connectivity index is 2.13. The van der Waals surface area contributed by atoms with Crippen molar-refractivity contribution in [2.75, 3.05) is 13.6 Å². The van der Waals surface area contributed by atoms with Crippen molar-refractivity contribution in [3.05, 3.63) is 0 Å². The van der Waals surface area contributed by atoms with Crippen LogP contribution in [0.25, 0.3) is 0 Å². The third-order valence-electron chi connectivity index (χ3n) is 3.79. The van der Waals surface area contributed by atoms with Crippen molar-refractivity contribution >= 4 is 0 Å². The molecular weight excluding hydrogens is 122 g/mol. The molecule has 2 rings (SSSR count). The fourth-order valence-corrected chi connectivity index (χ4v) is 2.74. The molecule has 0 aromatic carbocycles. The molecule has 2 unspecified atom stereocenters. The first-order chi connectivity index (χ1) is 4.76. The zero-order valence-corrected chi connectivity index (χ0v) is 7.06. The van der Waals surface area contributed by atoms with Gasteiger partial charge in [0.2, 0.25) is 0 Å². The van der Waals surface area contributed by atoms with Gasteiger partial charge >= 0.3 is 0 Å². The highest BCUT2D eigenvalue weighted by atomic mass is 15.2. The van der Waals surface area contributed by atoms with Gasteiger partial charge in [-0.15, -0.1) is 0 Å². The van der Waals surface area contributed by atoms with Crippen molar-refractivity contribution in [3.8, 4) is 0 Å². The van der Waals surface area contributed by atoms with Crippen LogP contribution in [0, 0.1) is 5.92 Å². The van der Waals surface area contributed by atoms with E-state index < -0.39 is 0 Å². The van der Waals surface area contributed by atoms with Crippen LogP contribution in [0.2, 0.25) is 0 Å². The summed E-state index contributed by atoms with van der Waals surface area (Å²) in [5.74, 6) is 0.972. The molecule has 0 N–H and O–H groups in total. The fourth-order valence-electron chi connectivity index (χ4n) is 2.74. The zero-order chi connectivity index (χ0) is 7.19. The molecule has 1 saturated carbocycles. The van der Waals surface area contributed by atoms with Crippen molar-refractivity contribution in [2.24, 2.45) is 5.92 Å². The van der Waals surface area contributed by atoms with E-state index in [1.54, 1.807) is 0 Å². The van der Waals surface area contributed by atoms with Gasteiger partial charge in [-0.1, -0.05) is 6.92 Å². The zero-order valence-electron chi connectivity index (χ0n) is 7.06. The third-order valence-corrected chi connectivity index (χ3v) is 3.79. The minimum Gasteiger partial charge on any atom is -0.300 e. The molecule has 1 spiro atoms. The second-order valence-corrected chi connectivity index (χ2v) is 4.07. The van der Waals surface area contributed by atoms with E-state index in [0.717, 1.165) is 5.92 Å². The molecule has 2 aliphatic rings. The maximum atomic E-state index is 2.58. The molecule has 0 bridgehead atoms. The first kappa shape index (κ1) is 6.66. The lowest BCUT2D eigenvalue weighted by Crippen LogP contribution is -2.53. The van der Waals surface area contributed by atoms with Gasteiger partial charge in [-0.3, -0.25) is 0 Å². The minimum absolute atomic E-state index is 0.667. The summed E-state index contributed by atoms with van der Waals surface area (Å²) in [6.07, 6.45) is 5.82. The molecule has 1 heteroatoms. The summed E-state index contributed by atoms with van der Waals surface area (Å²) >= 11 is 0. The lowest BCUT2D eigenvalue weighted by Gasteiger charge is -2.50. The van der Waals surface area contributed by atoms with E-state index in [0.29, 0.717) is 5.54 Å². The number of nitrogens with zero attached hydrogens (tertiary/aromatic N) is 1. The Morgan fingerprint density at radius 1 is 1.40 bits per heavy atom. The number of hydrogen-bond acceptors (Lipinski definition) is 1. The first-order valence-corrected chi connectivity index (χ1v) is 4.47. The summed E-state index contributed by atoms with van der Waals surface area (Å²) in [6, 6.07) is 0. The second-order valence-electron chi connectivity index (χ2n) is 4.07. The van der Waals surface area contributed by atoms with E-state index in [2.05, 4.69) is 18.9 Å². The van der Waals surface area contributed by atoms with Crippen LogP contribution < -0.4 is 0 Å². The molecule has 1 saturated heterocycles. The van der Waals surface area contributed by atoms with Crippen LogP contribution in [0.5, 0.6) is 0 Å². The van der Waals surface area contributed by atoms with Crippen molar-refractivity contribution in [2.45, 2.75) is 38.1 Å². The molecule has 58 valence electrons. The molecule has 2 atom stereocenters. The second kappa shape index (κ2) is 1.97. The Morgan fingerprint density at radius 3 is 2.40 bits per heavy atom. The summed E-state index contributed by atoms with van der Waals surface area (Å²) < 4.78 is 0. The smallest absolute Gasteiger partial charge is 0.0232 e. The largest absolute Gasteiger partial charge is 0.300 e. The fraction of sp³-hybridized carbons (Fsp3) is 1.00. The van der Waals surface area contributed by atoms with Gasteiger partial charge in [-0.05, 0) is 45.2 Å². The summed E-state index contributed by atoms with van der Waals surface area (Å²) in [5.41, 5.74) is 0.667. The predicted molar refractivity (Wildman–Crippen MR) is 43.0 cm³/mol. The van der Waals surface area contributed by atoms with Gasteiger partial charge in [0.15, 0.2) is 0 Å². The highest BCUT2D eigenvalue weighted by Gasteiger charge is 2.48. The SMILES string of the molecule is CC1CCC12CCCN2C. The molecule has 0 aromatic rings. The third kappa shape index (κ3) is 0.619. The van der Waals surface area contributed by atoms with Crippen LogP contribution in [0.15, 0.2) is 0 Å². The van der Waals surface area contributed by atoms with E-state index in [1.165, 1.54) is 32.2 Å². The van der Waals surface area contributed by atoms with Gasteiger partial charge in [0.1, 0.15) is 0 Å². The normalized spacial score (nSPS) is 48.0. The number of hydrogen-bond donors (Lipinski definition) is 0. The topological polar surface area (TPSA) is 3.24 Å². The maximum absolute atomic E-state index is 2.58. The quantitative estimate of drug-likeness (QED) is 0.495. The minimum atomic E-state index is 0.667. The summed E-state index contributed by atoms with van der Waals surface area (Å²) in [5, 5.41) is 0. The molecule has 0 aromatic heterocycles. The van der Waals surface area contributed by atoms with Gasteiger partial charge in [-0.25, -0.2) is 0 Å². The molecule has 2 fully saturated rings. The summed E-state index contributed by atoms with van der Waals surface area (Å²) in [6.45, 7) is 3.75. The van der Waals surface area contributed by atoms with Crippen LogP contribution in [0.1, 0.15) is 32.6 Å². The van der Waals surface area contributed by atoms with Crippen LogP contribution in [-0.4, -0.2) is 24.0 Å². The Bertz CT molecular complexity index is 144. The highest BCUT2D eigenvalue weighted by molar-refractivity contribution is 5.04. The summed E-state index contributed by atoms with van der Waals surface area (Å²) in [7, 11) is 2.29. The number of likely N-dealkylation sites (tertiary alicyclic amines) is 1. The maximum Gasteiger partial charge on any atom is 0.0232 e. The molecule has 1 aliphatic carbocycles. The lowest BCUT2D eigenvalue weighted by atomic mass is 9.66. The molecule has 1 nitrogen and oxygen atoms in total. The van der Waals surface area contributed by atoms with Crippen molar-refractivity contribution in [3.63, 3.8) is 0 Å². The Labute approximate surface area is 63.4 Å². The molecule has 0 amide bonds. The van der Waals surface area contributed by atoms with E-state index in [1.807, 2.05) is 0 Å². The average molecular weight is 139 g/mol. The molecule has 0 radical (unpaired) electrons. The van der Waals surface area contributed by atoms with E-state index >= 15 is 0 Å². The summed E-state index contributed by atoms with van der Waals surface area (Å²) in [4.78, 5) is 2.58. The molecule has 1 heterocycles. The highest BCUT2D eigenvalue weighted by Crippen LogP contribution is 2.48. The van der Waals surface area contributed by atoms with Gasteiger partial charge in [0, 0.05) is 5.54 Å². The van der Waals surface area contributed by atoms with Crippen LogP contribution in [0.4, 0.5) is 0 Å². The Kier molecular flexibility index (Phi) is 1.31. The molecule has 1 aliphatic heterocycles. The van der Waals surface area contributed by atoms with Crippen LogP contribution >= 0.6 is 0 Å². The monoisotopic (exact) mass is 139 g/mol. The average Bonchev–Trinajstić information content (AvgIpc) is 2.30. The number of rotatable bonds is 0. The van der Waals surface area contributed by atoms with Crippen LogP contribution in [-0.2, 0) is 0 Å². The lowest BCUT2D eigenvalue weighted by molar-refractivity contribution is 0.0141. The van der Waals surface area contributed by atoms with Crippen molar-refractivity contribution < 1.29 is 0 Å². The van der Waals surface area contributed by atoms with E-state index in [9.17, 15) is 0 Å². The van der Waals surface area contributed by atoms with Crippen molar-refractivity contribution in [1.82, 2.24) is 4.90 Å². The van der Waals surface area contributed by atoms with Gasteiger partial charge < -0.3 is 4.90 Å². The van der Waals surface area contributed by atoms with Crippen molar-refractivity contribution in [1.29, 1.82) is 0 Å². The van der Waals surface area contributed by atoms with E-state index in [4.69, 9.17) is 0 Å². The van der Waals surface area contributed by atoms with Gasteiger partial charge in [0.05, 0.1) is 0 Å². The Hall–Kier alpha value is -0.0400. The van der Waals surface area contributed by atoms with Gasteiger partial charge in [-0.2, -0.15) is 0 Å². The predicted octanol–water partition coefficient (Wildman–Crippen LogP) is 1.88. The van der Waals surface area contributed by atoms with Crippen LogP contribution in [0.3, 0.4) is 0 Å². The van der Waals surface area contributed by atoms with Gasteiger partial charge in [0.25, 0.3) is 0 Å². The standard InChI is InChI=1S/C9H17N/c1-8-4-6-9(8)5-3-7-10(9)2/h8H,3-7H2,1-2H3. The Morgan fingerprint density at radius 2 is 2.20 bits per heavy atom. The molecular formula is C9H17N. The molecule has 10 heavy (non-hydrogen) atoms. The first-order valence-electron chi connectivity index (χ1n) is 4.47. The van der Waals surface area contributed by atoms with E-state index in [-0.39, 0.29) is 0 Å².